The number of piperidine rings is 1. The van der Waals surface area contributed by atoms with Gasteiger partial charge in [0, 0.05) is 17.5 Å². The molecule has 4 heteroatoms. The molecule has 0 saturated carbocycles. The third kappa shape index (κ3) is 3.34. The Balaban J connectivity index is 1.86. The first-order valence-corrected chi connectivity index (χ1v) is 9.51. The summed E-state index contributed by atoms with van der Waals surface area (Å²) in [5.41, 5.74) is 2.28. The number of aryl methyl sites for hydroxylation is 1. The minimum Gasteiger partial charge on any atom is -0.497 e. The van der Waals surface area contributed by atoms with Gasteiger partial charge in [-0.05, 0) is 61.9 Å². The minimum absolute atomic E-state index is 0.203. The summed E-state index contributed by atoms with van der Waals surface area (Å²) in [4.78, 5) is 17.1. The molecule has 3 nitrogen and oxygen atoms in total. The zero-order valence-electron chi connectivity index (χ0n) is 14.7. The Kier molecular flexibility index (Phi) is 5.24. The fraction of sp³-hybridized carbons (Fsp3) is 0.450. The standard InChI is InChI=1S/C20H25NO2S/c1-4-16-7-5-6-12-21(16)20(22)19-13-18(14(2)24-19)15-8-10-17(23-3)11-9-15/h8-11,13,16H,4-7,12H2,1-3H3. The molecule has 0 aliphatic carbocycles. The average Bonchev–Trinajstić information content (AvgIpc) is 3.03. The topological polar surface area (TPSA) is 29.5 Å². The number of benzene rings is 1. The van der Waals surface area contributed by atoms with Gasteiger partial charge in [0.15, 0.2) is 0 Å². The molecule has 2 aromatic rings. The SMILES string of the molecule is CCC1CCCCN1C(=O)c1cc(-c2ccc(OC)cc2)c(C)s1. The molecular formula is C20H25NO2S. The second-order valence-electron chi connectivity index (χ2n) is 6.37. The number of thiophene rings is 1. The predicted molar refractivity (Wildman–Crippen MR) is 100 cm³/mol. The van der Waals surface area contributed by atoms with Gasteiger partial charge in [-0.2, -0.15) is 0 Å². The number of methoxy groups -OCH3 is 1. The summed E-state index contributed by atoms with van der Waals surface area (Å²) < 4.78 is 5.22. The third-order valence-corrected chi connectivity index (χ3v) is 5.93. The minimum atomic E-state index is 0.203. The van der Waals surface area contributed by atoms with E-state index in [-0.39, 0.29) is 5.91 Å². The van der Waals surface area contributed by atoms with Crippen LogP contribution in [0.4, 0.5) is 0 Å². The van der Waals surface area contributed by atoms with Gasteiger partial charge in [0.25, 0.3) is 5.91 Å². The molecule has 1 fully saturated rings. The highest BCUT2D eigenvalue weighted by molar-refractivity contribution is 7.14. The fourth-order valence-electron chi connectivity index (χ4n) is 3.48. The predicted octanol–water partition coefficient (Wildman–Crippen LogP) is 5.14. The van der Waals surface area contributed by atoms with Crippen molar-refractivity contribution in [1.82, 2.24) is 4.90 Å². The normalized spacial score (nSPS) is 17.8. The molecule has 0 bridgehead atoms. The summed E-state index contributed by atoms with van der Waals surface area (Å²) in [7, 11) is 1.67. The summed E-state index contributed by atoms with van der Waals surface area (Å²) in [6.45, 7) is 5.17. The van der Waals surface area contributed by atoms with E-state index in [1.165, 1.54) is 11.3 Å². The lowest BCUT2D eigenvalue weighted by molar-refractivity contribution is 0.0613. The number of carbonyl (C=O) groups excluding carboxylic acids is 1. The number of rotatable bonds is 4. The van der Waals surface area contributed by atoms with E-state index in [1.807, 2.05) is 12.1 Å². The van der Waals surface area contributed by atoms with Gasteiger partial charge < -0.3 is 9.64 Å². The van der Waals surface area contributed by atoms with E-state index in [1.54, 1.807) is 18.4 Å². The van der Waals surface area contributed by atoms with Crippen LogP contribution in [0, 0.1) is 6.92 Å². The zero-order valence-corrected chi connectivity index (χ0v) is 15.5. The fourth-order valence-corrected chi connectivity index (χ4v) is 4.48. The third-order valence-electron chi connectivity index (χ3n) is 4.89. The van der Waals surface area contributed by atoms with Crippen molar-refractivity contribution >= 4 is 17.2 Å². The van der Waals surface area contributed by atoms with Gasteiger partial charge in [0.2, 0.25) is 0 Å². The molecule has 1 saturated heterocycles. The number of nitrogens with zero attached hydrogens (tertiary/aromatic N) is 1. The molecular weight excluding hydrogens is 318 g/mol. The molecule has 128 valence electrons. The molecule has 1 unspecified atom stereocenters. The van der Waals surface area contributed by atoms with E-state index in [4.69, 9.17) is 4.74 Å². The van der Waals surface area contributed by atoms with Crippen LogP contribution >= 0.6 is 11.3 Å². The van der Waals surface area contributed by atoms with Crippen molar-refractivity contribution in [3.05, 3.63) is 40.1 Å². The largest absolute Gasteiger partial charge is 0.497 e. The maximum atomic E-state index is 13.0. The summed E-state index contributed by atoms with van der Waals surface area (Å²) in [6, 6.07) is 10.5. The van der Waals surface area contributed by atoms with Crippen LogP contribution in [0.3, 0.4) is 0 Å². The lowest BCUT2D eigenvalue weighted by Gasteiger charge is -2.35. The lowest BCUT2D eigenvalue weighted by Crippen LogP contribution is -2.43. The Labute approximate surface area is 148 Å². The summed E-state index contributed by atoms with van der Waals surface area (Å²) in [5.74, 6) is 1.05. The number of hydrogen-bond donors (Lipinski definition) is 0. The number of hydrogen-bond acceptors (Lipinski definition) is 3. The van der Waals surface area contributed by atoms with Crippen LogP contribution in [0.5, 0.6) is 5.75 Å². The highest BCUT2D eigenvalue weighted by Gasteiger charge is 2.27. The van der Waals surface area contributed by atoms with Gasteiger partial charge in [-0.1, -0.05) is 19.1 Å². The number of carbonyl (C=O) groups is 1. The summed E-state index contributed by atoms with van der Waals surface area (Å²) >= 11 is 1.61. The molecule has 1 aliphatic heterocycles. The van der Waals surface area contributed by atoms with Gasteiger partial charge in [-0.15, -0.1) is 11.3 Å². The van der Waals surface area contributed by atoms with Crippen molar-refractivity contribution < 1.29 is 9.53 Å². The first kappa shape index (κ1) is 17.0. The highest BCUT2D eigenvalue weighted by atomic mass is 32.1. The van der Waals surface area contributed by atoms with E-state index in [0.717, 1.165) is 47.6 Å². The van der Waals surface area contributed by atoms with E-state index in [2.05, 4.69) is 36.9 Å². The lowest BCUT2D eigenvalue weighted by atomic mass is 9.99. The average molecular weight is 343 g/mol. The molecule has 0 radical (unpaired) electrons. The van der Waals surface area contributed by atoms with Crippen LogP contribution in [-0.2, 0) is 0 Å². The van der Waals surface area contributed by atoms with Crippen LogP contribution in [0.15, 0.2) is 30.3 Å². The molecule has 1 amide bonds. The zero-order chi connectivity index (χ0) is 17.1. The van der Waals surface area contributed by atoms with Crippen molar-refractivity contribution in [3.63, 3.8) is 0 Å². The van der Waals surface area contributed by atoms with Crippen LogP contribution in [0.1, 0.15) is 47.2 Å². The van der Waals surface area contributed by atoms with Gasteiger partial charge in [0.1, 0.15) is 5.75 Å². The number of ether oxygens (including phenoxy) is 1. The summed E-state index contributed by atoms with van der Waals surface area (Å²) in [5, 5.41) is 0. The Hall–Kier alpha value is -1.81. The number of amides is 1. The van der Waals surface area contributed by atoms with Gasteiger partial charge in [0.05, 0.1) is 12.0 Å². The van der Waals surface area contributed by atoms with E-state index in [9.17, 15) is 4.79 Å². The van der Waals surface area contributed by atoms with Crippen molar-refractivity contribution in [2.45, 2.75) is 45.6 Å². The van der Waals surface area contributed by atoms with E-state index >= 15 is 0 Å². The van der Waals surface area contributed by atoms with Crippen molar-refractivity contribution in [2.24, 2.45) is 0 Å². The molecule has 3 rings (SSSR count). The highest BCUT2D eigenvalue weighted by Crippen LogP contribution is 2.33. The molecule has 1 atom stereocenters. The van der Waals surface area contributed by atoms with E-state index < -0.39 is 0 Å². The second-order valence-corrected chi connectivity index (χ2v) is 7.62. The van der Waals surface area contributed by atoms with Gasteiger partial charge in [-0.3, -0.25) is 4.79 Å². The van der Waals surface area contributed by atoms with Crippen molar-refractivity contribution in [2.75, 3.05) is 13.7 Å². The summed E-state index contributed by atoms with van der Waals surface area (Å²) in [6.07, 6.45) is 4.54. The maximum Gasteiger partial charge on any atom is 0.264 e. The maximum absolute atomic E-state index is 13.0. The molecule has 0 N–H and O–H groups in total. The second kappa shape index (κ2) is 7.39. The Morgan fingerprint density at radius 2 is 2.04 bits per heavy atom. The molecule has 1 aromatic carbocycles. The molecule has 24 heavy (non-hydrogen) atoms. The van der Waals surface area contributed by atoms with E-state index in [0.29, 0.717) is 6.04 Å². The smallest absolute Gasteiger partial charge is 0.264 e. The monoisotopic (exact) mass is 343 g/mol. The molecule has 1 aromatic heterocycles. The first-order valence-electron chi connectivity index (χ1n) is 8.70. The first-order chi connectivity index (χ1) is 11.6. The Bertz CT molecular complexity index is 705. The quantitative estimate of drug-likeness (QED) is 0.769. The number of likely N-dealkylation sites (tertiary alicyclic amines) is 1. The van der Waals surface area contributed by atoms with Crippen LogP contribution in [0.2, 0.25) is 0 Å². The van der Waals surface area contributed by atoms with Crippen LogP contribution in [-0.4, -0.2) is 30.5 Å². The Morgan fingerprint density at radius 1 is 1.29 bits per heavy atom. The van der Waals surface area contributed by atoms with Gasteiger partial charge >= 0.3 is 0 Å². The van der Waals surface area contributed by atoms with Crippen LogP contribution < -0.4 is 4.74 Å². The molecule has 0 spiro atoms. The van der Waals surface area contributed by atoms with Gasteiger partial charge in [-0.25, -0.2) is 0 Å². The Morgan fingerprint density at radius 3 is 2.71 bits per heavy atom. The van der Waals surface area contributed by atoms with Crippen molar-refractivity contribution in [3.8, 4) is 16.9 Å². The molecule has 1 aliphatic rings. The van der Waals surface area contributed by atoms with Crippen LogP contribution in [0.25, 0.3) is 11.1 Å². The molecule has 2 heterocycles. The van der Waals surface area contributed by atoms with Crippen molar-refractivity contribution in [1.29, 1.82) is 0 Å².